The maximum Gasteiger partial charge on any atom is 0.255 e. The Hall–Kier alpha value is -1.06. The molecule has 1 fully saturated rings. The molecule has 0 N–H and O–H groups in total. The fraction of sp³-hybridized carbons (Fsp3) is 0.143. The second-order valence-electron chi connectivity index (χ2n) is 4.28. The lowest BCUT2D eigenvalue weighted by atomic mass is 10.2. The first kappa shape index (κ1) is 14.9. The van der Waals surface area contributed by atoms with Gasteiger partial charge < -0.3 is 4.85 Å². The molecule has 0 bridgehead atoms. The van der Waals surface area contributed by atoms with Crippen molar-refractivity contribution in [1.82, 2.24) is 9.55 Å². The van der Waals surface area contributed by atoms with Crippen molar-refractivity contribution in [1.29, 1.82) is 0 Å². The summed E-state index contributed by atoms with van der Waals surface area (Å²) in [5.74, 6) is 1.48. The summed E-state index contributed by atoms with van der Waals surface area (Å²) in [7, 11) is 0. The second kappa shape index (κ2) is 6.37. The van der Waals surface area contributed by atoms with E-state index in [0.29, 0.717) is 15.9 Å². The van der Waals surface area contributed by atoms with E-state index in [0.717, 1.165) is 15.6 Å². The molecule has 1 aliphatic heterocycles. The lowest BCUT2D eigenvalue weighted by molar-refractivity contribution is 1.10. The van der Waals surface area contributed by atoms with Gasteiger partial charge in [-0.25, -0.2) is 4.98 Å². The van der Waals surface area contributed by atoms with Crippen LogP contribution >= 0.6 is 46.7 Å². The molecule has 0 saturated carbocycles. The van der Waals surface area contributed by atoms with Gasteiger partial charge in [0.25, 0.3) is 5.82 Å². The molecule has 2 aromatic rings. The monoisotopic (exact) mass is 353 g/mol. The first-order valence-corrected chi connectivity index (χ1v) is 8.65. The smallest absolute Gasteiger partial charge is 0.255 e. The van der Waals surface area contributed by atoms with Crippen molar-refractivity contribution < 1.29 is 0 Å². The van der Waals surface area contributed by atoms with Gasteiger partial charge >= 0.3 is 0 Å². The normalized spacial score (nSPS) is 20.3. The molecule has 0 amide bonds. The zero-order chi connectivity index (χ0) is 14.8. The van der Waals surface area contributed by atoms with E-state index in [1.165, 1.54) is 0 Å². The minimum absolute atomic E-state index is 0.232. The largest absolute Gasteiger partial charge is 0.362 e. The van der Waals surface area contributed by atoms with E-state index in [4.69, 9.17) is 29.8 Å². The van der Waals surface area contributed by atoms with E-state index in [2.05, 4.69) is 9.83 Å². The van der Waals surface area contributed by atoms with Gasteiger partial charge in [0.1, 0.15) is 0 Å². The van der Waals surface area contributed by atoms with Crippen molar-refractivity contribution in [3.05, 3.63) is 68.2 Å². The topological polar surface area (TPSA) is 22.2 Å². The fourth-order valence-electron chi connectivity index (χ4n) is 1.97. The number of hydrogen-bond donors (Lipinski definition) is 0. The summed E-state index contributed by atoms with van der Waals surface area (Å²) in [6.07, 6.45) is 5.09. The van der Waals surface area contributed by atoms with Gasteiger partial charge in [0, 0.05) is 21.0 Å². The average molecular weight is 354 g/mol. The lowest BCUT2D eigenvalue weighted by Crippen LogP contribution is -1.93. The maximum absolute atomic E-state index is 7.39. The molecule has 0 aliphatic carbocycles. The van der Waals surface area contributed by atoms with Gasteiger partial charge in [0.2, 0.25) is 0 Å². The number of thioether (sulfide) groups is 2. The minimum atomic E-state index is 0.232. The summed E-state index contributed by atoms with van der Waals surface area (Å²) in [6.45, 7) is 7.39. The Morgan fingerprint density at radius 2 is 2.29 bits per heavy atom. The molecular weight excluding hydrogens is 345 g/mol. The summed E-state index contributed by atoms with van der Waals surface area (Å²) in [6, 6.07) is 5.57. The van der Waals surface area contributed by atoms with Gasteiger partial charge in [-0.2, -0.15) is 0 Å². The lowest BCUT2D eigenvalue weighted by Gasteiger charge is -2.10. The highest BCUT2D eigenvalue weighted by Gasteiger charge is 2.27. The van der Waals surface area contributed by atoms with Gasteiger partial charge in [-0.1, -0.05) is 35.8 Å². The van der Waals surface area contributed by atoms with Crippen molar-refractivity contribution >= 4 is 52.5 Å². The van der Waals surface area contributed by atoms with Crippen molar-refractivity contribution in [3.8, 4) is 0 Å². The summed E-state index contributed by atoms with van der Waals surface area (Å²) in [5, 5.41) is 1.54. The predicted molar refractivity (Wildman–Crippen MR) is 91.3 cm³/mol. The molecule has 1 saturated heterocycles. The molecule has 0 spiro atoms. The SMILES string of the molecule is [C-]#[N+]C(=C1SCC(c2ccc(Cl)cc2Cl)S1)n1ccnc1. The maximum atomic E-state index is 7.39. The Bertz CT molecular complexity index is 735. The fourth-order valence-corrected chi connectivity index (χ4v) is 5.49. The number of benzene rings is 1. The molecule has 1 aliphatic rings. The Kier molecular flexibility index (Phi) is 4.51. The highest BCUT2D eigenvalue weighted by molar-refractivity contribution is 8.25. The molecule has 1 unspecified atom stereocenters. The van der Waals surface area contributed by atoms with Gasteiger partial charge in [-0.05, 0) is 17.7 Å². The van der Waals surface area contributed by atoms with Crippen LogP contribution in [0.25, 0.3) is 10.7 Å². The number of rotatable bonds is 2. The van der Waals surface area contributed by atoms with Gasteiger partial charge in [-0.3, -0.25) is 4.57 Å². The molecule has 7 heteroatoms. The number of imidazole rings is 1. The van der Waals surface area contributed by atoms with Crippen LogP contribution in [0.15, 0.2) is 41.2 Å². The summed E-state index contributed by atoms with van der Waals surface area (Å²) >= 11 is 15.6. The number of nitrogens with zero attached hydrogens (tertiary/aromatic N) is 3. The van der Waals surface area contributed by atoms with Crippen LogP contribution in [0.4, 0.5) is 0 Å². The third-order valence-electron chi connectivity index (χ3n) is 2.96. The molecule has 21 heavy (non-hydrogen) atoms. The van der Waals surface area contributed by atoms with Crippen LogP contribution in [0, 0.1) is 6.57 Å². The van der Waals surface area contributed by atoms with Crippen molar-refractivity contribution in [3.63, 3.8) is 0 Å². The summed E-state index contributed by atoms with van der Waals surface area (Å²) in [5.41, 5.74) is 1.06. The Balaban J connectivity index is 1.90. The van der Waals surface area contributed by atoms with E-state index >= 15 is 0 Å². The Labute approximate surface area is 141 Å². The quantitative estimate of drug-likeness (QED) is 0.673. The summed E-state index contributed by atoms with van der Waals surface area (Å²) in [4.78, 5) is 7.63. The predicted octanol–water partition coefficient (Wildman–Crippen LogP) is 5.41. The van der Waals surface area contributed by atoms with E-state index in [1.54, 1.807) is 52.9 Å². The Morgan fingerprint density at radius 3 is 2.95 bits per heavy atom. The first-order valence-electron chi connectivity index (χ1n) is 6.03. The molecule has 106 valence electrons. The molecular formula is C14H9Cl2N3S2. The van der Waals surface area contributed by atoms with Crippen LogP contribution in [-0.4, -0.2) is 15.3 Å². The molecule has 1 atom stereocenters. The van der Waals surface area contributed by atoms with Gasteiger partial charge in [-0.15, -0.1) is 23.5 Å². The second-order valence-corrected chi connectivity index (χ2v) is 7.62. The molecule has 1 aromatic heterocycles. The molecule has 2 heterocycles. The summed E-state index contributed by atoms with van der Waals surface area (Å²) < 4.78 is 2.74. The first-order chi connectivity index (χ1) is 10.2. The highest BCUT2D eigenvalue weighted by Crippen LogP contribution is 2.53. The number of aromatic nitrogens is 2. The molecule has 0 radical (unpaired) electrons. The van der Waals surface area contributed by atoms with E-state index in [1.807, 2.05) is 12.1 Å². The zero-order valence-corrected chi connectivity index (χ0v) is 13.8. The number of halogens is 2. The van der Waals surface area contributed by atoms with Crippen LogP contribution in [-0.2, 0) is 0 Å². The Morgan fingerprint density at radius 1 is 1.43 bits per heavy atom. The minimum Gasteiger partial charge on any atom is -0.362 e. The molecule has 1 aromatic carbocycles. The van der Waals surface area contributed by atoms with Crippen molar-refractivity contribution in [2.75, 3.05) is 5.75 Å². The third kappa shape index (κ3) is 3.09. The van der Waals surface area contributed by atoms with E-state index in [9.17, 15) is 0 Å². The highest BCUT2D eigenvalue weighted by atomic mass is 35.5. The third-order valence-corrected chi connectivity index (χ3v) is 6.42. The van der Waals surface area contributed by atoms with E-state index in [-0.39, 0.29) is 5.25 Å². The van der Waals surface area contributed by atoms with Crippen LogP contribution < -0.4 is 0 Å². The van der Waals surface area contributed by atoms with E-state index < -0.39 is 0 Å². The molecule has 3 nitrogen and oxygen atoms in total. The van der Waals surface area contributed by atoms with Crippen molar-refractivity contribution in [2.45, 2.75) is 5.25 Å². The average Bonchev–Trinajstić information content (AvgIpc) is 3.12. The zero-order valence-electron chi connectivity index (χ0n) is 10.7. The van der Waals surface area contributed by atoms with Gasteiger partial charge in [0.15, 0.2) is 6.33 Å². The standard InChI is InChI=1S/C14H9Cl2N3S2/c1-17-13(19-5-4-18-8-19)14-20-7-12(21-14)10-3-2-9(15)6-11(10)16/h2-6,8,12H,7H2. The molecule has 3 rings (SSSR count). The van der Waals surface area contributed by atoms with Crippen LogP contribution in [0.2, 0.25) is 10.0 Å². The van der Waals surface area contributed by atoms with Crippen LogP contribution in [0.3, 0.4) is 0 Å². The van der Waals surface area contributed by atoms with Crippen molar-refractivity contribution in [2.24, 2.45) is 0 Å². The van der Waals surface area contributed by atoms with Crippen LogP contribution in [0.1, 0.15) is 10.8 Å². The number of hydrogen-bond acceptors (Lipinski definition) is 3. The van der Waals surface area contributed by atoms with Gasteiger partial charge in [0.05, 0.1) is 16.6 Å². The van der Waals surface area contributed by atoms with Crippen LogP contribution in [0.5, 0.6) is 0 Å².